The Morgan fingerprint density at radius 1 is 1.47 bits per heavy atom. The average molecular weight is 226 g/mol. The van der Waals surface area contributed by atoms with Crippen molar-refractivity contribution in [2.45, 2.75) is 39.8 Å². The molecular formula is C12H22N2S. The lowest BCUT2D eigenvalue weighted by atomic mass is 9.88. The maximum Gasteiger partial charge on any atom is 0.0302 e. The summed E-state index contributed by atoms with van der Waals surface area (Å²) in [7, 11) is 0. The van der Waals surface area contributed by atoms with Gasteiger partial charge in [0.2, 0.25) is 0 Å². The molecule has 0 aliphatic carbocycles. The van der Waals surface area contributed by atoms with Crippen LogP contribution in [0.5, 0.6) is 0 Å². The second kappa shape index (κ2) is 5.64. The fourth-order valence-corrected chi connectivity index (χ4v) is 2.29. The van der Waals surface area contributed by atoms with Crippen LogP contribution in [0.25, 0.3) is 0 Å². The van der Waals surface area contributed by atoms with Crippen molar-refractivity contribution in [2.75, 3.05) is 6.54 Å². The fraction of sp³-hybridized carbons (Fsp3) is 0.667. The third kappa shape index (κ3) is 5.30. The molecule has 2 nitrogen and oxygen atoms in total. The smallest absolute Gasteiger partial charge is 0.0302 e. The summed E-state index contributed by atoms with van der Waals surface area (Å²) in [4.78, 5) is 1.38. The third-order valence-electron chi connectivity index (χ3n) is 2.29. The van der Waals surface area contributed by atoms with Gasteiger partial charge in [0.25, 0.3) is 0 Å². The first kappa shape index (κ1) is 12.7. The van der Waals surface area contributed by atoms with E-state index in [1.165, 1.54) is 4.88 Å². The van der Waals surface area contributed by atoms with E-state index in [9.17, 15) is 0 Å². The molecule has 0 amide bonds. The van der Waals surface area contributed by atoms with E-state index in [4.69, 9.17) is 5.73 Å². The zero-order valence-corrected chi connectivity index (χ0v) is 10.7. The maximum absolute atomic E-state index is 5.76. The summed E-state index contributed by atoms with van der Waals surface area (Å²) in [5.74, 6) is 0. The van der Waals surface area contributed by atoms with Crippen LogP contribution in [0.4, 0.5) is 0 Å². The molecule has 3 N–H and O–H groups in total. The Labute approximate surface area is 96.9 Å². The van der Waals surface area contributed by atoms with Crippen LogP contribution >= 0.6 is 11.3 Å². The van der Waals surface area contributed by atoms with Gasteiger partial charge in [-0.2, -0.15) is 0 Å². The average Bonchev–Trinajstić information content (AvgIpc) is 2.62. The summed E-state index contributed by atoms with van der Waals surface area (Å²) in [6.45, 7) is 8.41. The molecule has 0 aliphatic rings. The third-order valence-corrected chi connectivity index (χ3v) is 3.16. The zero-order chi connectivity index (χ0) is 11.3. The first-order valence-electron chi connectivity index (χ1n) is 5.47. The monoisotopic (exact) mass is 226 g/mol. The number of hydrogen-bond donors (Lipinski definition) is 2. The summed E-state index contributed by atoms with van der Waals surface area (Å²) in [5.41, 5.74) is 6.10. The molecule has 1 aromatic rings. The normalized spacial score (nSPS) is 14.1. The van der Waals surface area contributed by atoms with Crippen LogP contribution in [0.15, 0.2) is 17.5 Å². The van der Waals surface area contributed by atoms with Crippen LogP contribution in [-0.4, -0.2) is 12.6 Å². The molecule has 0 radical (unpaired) electrons. The van der Waals surface area contributed by atoms with Gasteiger partial charge in [-0.1, -0.05) is 26.8 Å². The van der Waals surface area contributed by atoms with Crippen molar-refractivity contribution in [3.63, 3.8) is 0 Å². The fourth-order valence-electron chi connectivity index (χ4n) is 1.64. The number of nitrogens with two attached hydrogens (primary N) is 1. The van der Waals surface area contributed by atoms with Crippen molar-refractivity contribution in [3.05, 3.63) is 22.4 Å². The van der Waals surface area contributed by atoms with E-state index in [2.05, 4.69) is 43.6 Å². The van der Waals surface area contributed by atoms with Gasteiger partial charge < -0.3 is 11.1 Å². The molecule has 0 spiro atoms. The highest BCUT2D eigenvalue weighted by molar-refractivity contribution is 7.09. The van der Waals surface area contributed by atoms with Gasteiger partial charge in [-0.05, 0) is 23.3 Å². The largest absolute Gasteiger partial charge is 0.329 e. The van der Waals surface area contributed by atoms with Gasteiger partial charge in [0.05, 0.1) is 0 Å². The summed E-state index contributed by atoms with van der Waals surface area (Å²) in [6.07, 6.45) is 1.12. The topological polar surface area (TPSA) is 38.0 Å². The quantitative estimate of drug-likeness (QED) is 0.810. The summed E-state index contributed by atoms with van der Waals surface area (Å²) in [6, 6.07) is 4.66. The van der Waals surface area contributed by atoms with E-state index in [0.29, 0.717) is 18.0 Å². The Kier molecular flexibility index (Phi) is 4.77. The van der Waals surface area contributed by atoms with Gasteiger partial charge >= 0.3 is 0 Å². The lowest BCUT2D eigenvalue weighted by Crippen LogP contribution is -2.38. The van der Waals surface area contributed by atoms with Gasteiger partial charge in [-0.3, -0.25) is 0 Å². The highest BCUT2D eigenvalue weighted by atomic mass is 32.1. The minimum Gasteiger partial charge on any atom is -0.329 e. The first-order chi connectivity index (χ1) is 7.01. The highest BCUT2D eigenvalue weighted by Gasteiger charge is 2.17. The Bertz CT molecular complexity index is 262. The molecule has 0 aliphatic heterocycles. The van der Waals surface area contributed by atoms with E-state index in [0.717, 1.165) is 13.0 Å². The maximum atomic E-state index is 5.76. The van der Waals surface area contributed by atoms with Crippen molar-refractivity contribution in [3.8, 4) is 0 Å². The summed E-state index contributed by atoms with van der Waals surface area (Å²) in [5, 5.41) is 5.62. The lowest BCUT2D eigenvalue weighted by molar-refractivity contribution is 0.310. The molecule has 0 bridgehead atoms. The molecule has 1 aromatic heterocycles. The predicted molar refractivity (Wildman–Crippen MR) is 68.1 cm³/mol. The zero-order valence-electron chi connectivity index (χ0n) is 9.92. The van der Waals surface area contributed by atoms with Crippen molar-refractivity contribution in [1.29, 1.82) is 0 Å². The van der Waals surface area contributed by atoms with Gasteiger partial charge in [-0.15, -0.1) is 11.3 Å². The second-order valence-electron chi connectivity index (χ2n) is 5.16. The van der Waals surface area contributed by atoms with E-state index in [1.54, 1.807) is 11.3 Å². The van der Waals surface area contributed by atoms with Crippen molar-refractivity contribution in [1.82, 2.24) is 5.32 Å². The second-order valence-corrected chi connectivity index (χ2v) is 6.19. The lowest BCUT2D eigenvalue weighted by Gasteiger charge is -2.25. The summed E-state index contributed by atoms with van der Waals surface area (Å²) < 4.78 is 0. The van der Waals surface area contributed by atoms with Gasteiger partial charge in [0, 0.05) is 24.0 Å². The number of rotatable bonds is 5. The van der Waals surface area contributed by atoms with Gasteiger partial charge in [0.15, 0.2) is 0 Å². The van der Waals surface area contributed by atoms with E-state index < -0.39 is 0 Å². The Hall–Kier alpha value is -0.380. The van der Waals surface area contributed by atoms with Crippen molar-refractivity contribution in [2.24, 2.45) is 11.1 Å². The predicted octanol–water partition coefficient (Wildman–Crippen LogP) is 2.60. The summed E-state index contributed by atoms with van der Waals surface area (Å²) >= 11 is 1.79. The Balaban J connectivity index is 2.34. The number of thiophene rings is 1. The number of nitrogens with one attached hydrogen (secondary N) is 1. The van der Waals surface area contributed by atoms with Crippen LogP contribution in [0.3, 0.4) is 0 Å². The van der Waals surface area contributed by atoms with E-state index >= 15 is 0 Å². The van der Waals surface area contributed by atoms with Crippen LogP contribution < -0.4 is 11.1 Å². The molecule has 86 valence electrons. The molecule has 3 heteroatoms. The minimum absolute atomic E-state index is 0.340. The molecule has 0 aromatic carbocycles. The first-order valence-corrected chi connectivity index (χ1v) is 6.35. The minimum atomic E-state index is 0.340. The molecule has 0 fully saturated rings. The van der Waals surface area contributed by atoms with Gasteiger partial charge in [-0.25, -0.2) is 0 Å². The molecule has 0 saturated carbocycles. The van der Waals surface area contributed by atoms with Crippen LogP contribution in [0.1, 0.15) is 32.1 Å². The van der Waals surface area contributed by atoms with E-state index in [1.807, 2.05) is 0 Å². The molecule has 15 heavy (non-hydrogen) atoms. The molecule has 1 atom stereocenters. The Morgan fingerprint density at radius 3 is 2.67 bits per heavy atom. The van der Waals surface area contributed by atoms with Crippen molar-refractivity contribution >= 4 is 11.3 Å². The molecule has 0 saturated heterocycles. The molecule has 1 heterocycles. The highest BCUT2D eigenvalue weighted by Crippen LogP contribution is 2.20. The Morgan fingerprint density at radius 2 is 2.20 bits per heavy atom. The number of hydrogen-bond acceptors (Lipinski definition) is 3. The van der Waals surface area contributed by atoms with Crippen LogP contribution in [0.2, 0.25) is 0 Å². The van der Waals surface area contributed by atoms with Crippen molar-refractivity contribution < 1.29 is 0 Å². The molecule has 1 rings (SSSR count). The van der Waals surface area contributed by atoms with Crippen LogP contribution in [-0.2, 0) is 6.54 Å². The van der Waals surface area contributed by atoms with E-state index in [-0.39, 0.29) is 0 Å². The SMILES string of the molecule is CC(C)(C)CC(CN)NCc1cccs1. The standard InChI is InChI=1S/C12H22N2S/c1-12(2,3)7-10(8-13)14-9-11-5-4-6-15-11/h4-6,10,14H,7-9,13H2,1-3H3. The molecular weight excluding hydrogens is 204 g/mol. The molecule has 1 unspecified atom stereocenters. The van der Waals surface area contributed by atoms with Gasteiger partial charge in [0.1, 0.15) is 0 Å². The van der Waals surface area contributed by atoms with Crippen LogP contribution in [0, 0.1) is 5.41 Å².